The third-order valence-corrected chi connectivity index (χ3v) is 4.28. The Kier molecular flexibility index (Phi) is 5.25. The molecular weight excluding hydrogens is 286 g/mol. The number of aryl methyl sites for hydroxylation is 1. The summed E-state index contributed by atoms with van der Waals surface area (Å²) in [6, 6.07) is 6.29. The lowest BCUT2D eigenvalue weighted by Gasteiger charge is -2.14. The molecule has 1 N–H and O–H groups in total. The number of hydrogen-bond acceptors (Lipinski definition) is 4. The average Bonchev–Trinajstić information content (AvgIpc) is 2.97. The fraction of sp³-hybridized carbons (Fsp3) is 0.500. The summed E-state index contributed by atoms with van der Waals surface area (Å²) in [5, 5.41) is 19.7. The molecule has 22 heavy (non-hydrogen) atoms. The first-order chi connectivity index (χ1) is 10.5. The van der Waals surface area contributed by atoms with Crippen LogP contribution in [-0.4, -0.2) is 21.8 Å². The van der Waals surface area contributed by atoms with Gasteiger partial charge < -0.3 is 5.11 Å². The molecule has 0 amide bonds. The lowest BCUT2D eigenvalue weighted by Crippen LogP contribution is -2.25. The SMILES string of the molecule is O=C(O)[C@@H]1CCC[C@H]1C(=O)CCCc1ccc([N+](=O)[O-])cc1. The van der Waals surface area contributed by atoms with Gasteiger partial charge in [0.25, 0.3) is 5.69 Å². The van der Waals surface area contributed by atoms with E-state index < -0.39 is 16.8 Å². The number of carbonyl (C=O) groups is 2. The summed E-state index contributed by atoms with van der Waals surface area (Å²) in [5.41, 5.74) is 0.995. The van der Waals surface area contributed by atoms with Gasteiger partial charge in [-0.2, -0.15) is 0 Å². The van der Waals surface area contributed by atoms with Gasteiger partial charge in [-0.25, -0.2) is 0 Å². The topological polar surface area (TPSA) is 97.5 Å². The molecule has 0 radical (unpaired) electrons. The molecule has 1 aliphatic rings. The van der Waals surface area contributed by atoms with E-state index >= 15 is 0 Å². The first kappa shape index (κ1) is 16.1. The van der Waals surface area contributed by atoms with Gasteiger partial charge in [-0.1, -0.05) is 18.6 Å². The van der Waals surface area contributed by atoms with E-state index in [1.165, 1.54) is 12.1 Å². The van der Waals surface area contributed by atoms with Crippen LogP contribution in [0.1, 0.15) is 37.7 Å². The molecule has 1 aromatic rings. The van der Waals surface area contributed by atoms with E-state index in [9.17, 15) is 19.7 Å². The summed E-state index contributed by atoms with van der Waals surface area (Å²) in [7, 11) is 0. The molecule has 2 rings (SSSR count). The summed E-state index contributed by atoms with van der Waals surface area (Å²) in [5.74, 6) is -1.70. The predicted molar refractivity (Wildman–Crippen MR) is 79.5 cm³/mol. The maximum Gasteiger partial charge on any atom is 0.307 e. The van der Waals surface area contributed by atoms with E-state index in [2.05, 4.69) is 0 Å². The molecule has 0 bridgehead atoms. The minimum Gasteiger partial charge on any atom is -0.481 e. The van der Waals surface area contributed by atoms with Gasteiger partial charge in [0.2, 0.25) is 0 Å². The summed E-state index contributed by atoms with van der Waals surface area (Å²) in [6.45, 7) is 0. The molecule has 2 atom stereocenters. The predicted octanol–water partition coefficient (Wildman–Crippen LogP) is 2.99. The normalized spacial score (nSPS) is 20.7. The molecule has 118 valence electrons. The van der Waals surface area contributed by atoms with Crippen molar-refractivity contribution in [2.24, 2.45) is 11.8 Å². The van der Waals surface area contributed by atoms with E-state index in [-0.39, 0.29) is 17.4 Å². The molecular formula is C16H19NO5. The van der Waals surface area contributed by atoms with Crippen molar-refractivity contribution in [2.45, 2.75) is 38.5 Å². The van der Waals surface area contributed by atoms with Crippen LogP contribution in [0.2, 0.25) is 0 Å². The van der Waals surface area contributed by atoms with Crippen LogP contribution < -0.4 is 0 Å². The molecule has 0 aromatic heterocycles. The van der Waals surface area contributed by atoms with E-state index in [1.54, 1.807) is 12.1 Å². The molecule has 1 aliphatic carbocycles. The average molecular weight is 305 g/mol. The minimum atomic E-state index is -0.869. The van der Waals surface area contributed by atoms with Gasteiger partial charge in [-0.15, -0.1) is 0 Å². The first-order valence-electron chi connectivity index (χ1n) is 7.48. The molecule has 0 unspecified atom stereocenters. The monoisotopic (exact) mass is 305 g/mol. The maximum absolute atomic E-state index is 12.1. The van der Waals surface area contributed by atoms with Crippen molar-refractivity contribution in [2.75, 3.05) is 0 Å². The Balaban J connectivity index is 1.81. The molecule has 1 fully saturated rings. The van der Waals surface area contributed by atoms with Crippen molar-refractivity contribution in [1.82, 2.24) is 0 Å². The van der Waals surface area contributed by atoms with Gasteiger partial charge in [0.05, 0.1) is 10.8 Å². The van der Waals surface area contributed by atoms with E-state index in [1.807, 2.05) is 0 Å². The van der Waals surface area contributed by atoms with Gasteiger partial charge in [0, 0.05) is 24.5 Å². The lowest BCUT2D eigenvalue weighted by atomic mass is 9.89. The van der Waals surface area contributed by atoms with E-state index in [0.717, 1.165) is 12.0 Å². The third-order valence-electron chi connectivity index (χ3n) is 4.28. The number of nitrogens with zero attached hydrogens (tertiary/aromatic N) is 1. The van der Waals surface area contributed by atoms with Crippen molar-refractivity contribution in [1.29, 1.82) is 0 Å². The quantitative estimate of drug-likeness (QED) is 0.617. The van der Waals surface area contributed by atoms with Crippen molar-refractivity contribution < 1.29 is 19.6 Å². The third kappa shape index (κ3) is 3.90. The first-order valence-corrected chi connectivity index (χ1v) is 7.48. The Hall–Kier alpha value is -2.24. The van der Waals surface area contributed by atoms with Crippen LogP contribution in [-0.2, 0) is 16.0 Å². The number of non-ortho nitro benzene ring substituents is 1. The highest BCUT2D eigenvalue weighted by Crippen LogP contribution is 2.33. The van der Waals surface area contributed by atoms with Gasteiger partial charge in [-0.05, 0) is 31.2 Å². The summed E-state index contributed by atoms with van der Waals surface area (Å²) < 4.78 is 0. The summed E-state index contributed by atoms with van der Waals surface area (Å²) in [6.07, 6.45) is 3.73. The second-order valence-electron chi connectivity index (χ2n) is 5.73. The van der Waals surface area contributed by atoms with Gasteiger partial charge in [0.1, 0.15) is 5.78 Å². The number of nitro groups is 1. The highest BCUT2D eigenvalue weighted by atomic mass is 16.6. The molecule has 0 heterocycles. The fourth-order valence-corrected chi connectivity index (χ4v) is 3.08. The van der Waals surface area contributed by atoms with Crippen LogP contribution in [0.5, 0.6) is 0 Å². The smallest absolute Gasteiger partial charge is 0.307 e. The van der Waals surface area contributed by atoms with Crippen molar-refractivity contribution >= 4 is 17.4 Å². The van der Waals surface area contributed by atoms with Crippen LogP contribution >= 0.6 is 0 Å². The molecule has 6 heteroatoms. The Labute approximate surface area is 128 Å². The van der Waals surface area contributed by atoms with Crippen molar-refractivity contribution in [3.05, 3.63) is 39.9 Å². The van der Waals surface area contributed by atoms with E-state index in [4.69, 9.17) is 5.11 Å². The summed E-state index contributed by atoms with van der Waals surface area (Å²) >= 11 is 0. The van der Waals surface area contributed by atoms with Crippen molar-refractivity contribution in [3.63, 3.8) is 0 Å². The molecule has 0 aliphatic heterocycles. The van der Waals surface area contributed by atoms with Crippen LogP contribution in [0.25, 0.3) is 0 Å². The molecule has 1 aromatic carbocycles. The standard InChI is InChI=1S/C16H19NO5/c18-15(13-4-2-5-14(13)16(19)20)6-1-3-11-7-9-12(10-8-11)17(21)22/h7-10,13-14H,1-6H2,(H,19,20)/t13-,14-/m1/s1. The molecule has 6 nitrogen and oxygen atoms in total. The number of carbonyl (C=O) groups excluding carboxylic acids is 1. The van der Waals surface area contributed by atoms with Gasteiger partial charge in [0.15, 0.2) is 0 Å². The zero-order valence-corrected chi connectivity index (χ0v) is 12.2. The second kappa shape index (κ2) is 7.15. The number of Topliss-reactive ketones (excluding diaryl/α,β-unsaturated/α-hetero) is 1. The lowest BCUT2D eigenvalue weighted by molar-refractivity contribution is -0.384. The van der Waals surface area contributed by atoms with Crippen molar-refractivity contribution in [3.8, 4) is 0 Å². The number of benzene rings is 1. The Morgan fingerprint density at radius 1 is 1.18 bits per heavy atom. The highest BCUT2D eigenvalue weighted by Gasteiger charge is 2.36. The number of hydrogen-bond donors (Lipinski definition) is 1. The molecule has 0 saturated heterocycles. The van der Waals surface area contributed by atoms with E-state index in [0.29, 0.717) is 32.1 Å². The van der Waals surface area contributed by atoms with Crippen LogP contribution in [0, 0.1) is 22.0 Å². The zero-order chi connectivity index (χ0) is 16.1. The number of carboxylic acids is 1. The Morgan fingerprint density at radius 2 is 1.82 bits per heavy atom. The molecule has 1 saturated carbocycles. The highest BCUT2D eigenvalue weighted by molar-refractivity contribution is 5.86. The van der Waals surface area contributed by atoms with Crippen LogP contribution in [0.15, 0.2) is 24.3 Å². The maximum atomic E-state index is 12.1. The fourth-order valence-electron chi connectivity index (χ4n) is 3.08. The van der Waals surface area contributed by atoms with Crippen LogP contribution in [0.4, 0.5) is 5.69 Å². The second-order valence-corrected chi connectivity index (χ2v) is 5.73. The minimum absolute atomic E-state index is 0.0341. The number of nitro benzene ring substituents is 1. The zero-order valence-electron chi connectivity index (χ0n) is 12.2. The Morgan fingerprint density at radius 3 is 2.41 bits per heavy atom. The van der Waals surface area contributed by atoms with Gasteiger partial charge >= 0.3 is 5.97 Å². The van der Waals surface area contributed by atoms with Crippen LogP contribution in [0.3, 0.4) is 0 Å². The summed E-state index contributed by atoms with van der Waals surface area (Å²) in [4.78, 5) is 33.3. The van der Waals surface area contributed by atoms with Gasteiger partial charge in [-0.3, -0.25) is 19.7 Å². The molecule has 0 spiro atoms. The number of ketones is 1. The Bertz CT molecular complexity index is 566. The number of carboxylic acid groups (broad SMARTS) is 1. The number of aliphatic carboxylic acids is 1. The number of rotatable bonds is 7. The largest absolute Gasteiger partial charge is 0.481 e.